The lowest BCUT2D eigenvalue weighted by atomic mass is 10.0. The molecule has 0 unspecified atom stereocenters. The molecule has 0 radical (unpaired) electrons. The number of carbonyl (C=O) groups is 1. The van der Waals surface area contributed by atoms with Gasteiger partial charge >= 0.3 is 5.97 Å². The summed E-state index contributed by atoms with van der Waals surface area (Å²) < 4.78 is 26.7. The molecular weight excluding hydrogens is 524 g/mol. The molecule has 8 nitrogen and oxygen atoms in total. The molecule has 8 heteroatoms. The van der Waals surface area contributed by atoms with Gasteiger partial charge in [-0.1, -0.05) is 30.3 Å². The van der Waals surface area contributed by atoms with Crippen molar-refractivity contribution in [2.24, 2.45) is 0 Å². The topological polar surface area (TPSA) is 104 Å². The summed E-state index contributed by atoms with van der Waals surface area (Å²) in [4.78, 5) is 12.3. The summed E-state index contributed by atoms with van der Waals surface area (Å²) in [7, 11) is 2.95. The van der Waals surface area contributed by atoms with Crippen molar-refractivity contribution in [3.63, 3.8) is 0 Å². The van der Waals surface area contributed by atoms with Crippen LogP contribution >= 0.6 is 0 Å². The molecule has 0 aromatic heterocycles. The van der Waals surface area contributed by atoms with Crippen molar-refractivity contribution in [2.45, 2.75) is 6.92 Å². The summed E-state index contributed by atoms with van der Waals surface area (Å²) in [6, 6.07) is 22.8. The van der Waals surface area contributed by atoms with Crippen LogP contribution in [0.25, 0.3) is 23.3 Å². The number of carbonyl (C=O) groups excluding carboxylic acids is 1. The first-order valence-corrected chi connectivity index (χ1v) is 12.6. The van der Waals surface area contributed by atoms with Gasteiger partial charge in [0, 0.05) is 6.08 Å². The highest BCUT2D eigenvalue weighted by molar-refractivity contribution is 5.89. The second-order valence-corrected chi connectivity index (χ2v) is 8.85. The van der Waals surface area contributed by atoms with Crippen LogP contribution in [0, 0.1) is 6.92 Å². The third kappa shape index (κ3) is 7.83. The molecule has 0 aliphatic carbocycles. The van der Waals surface area contributed by atoms with E-state index in [0.717, 1.165) is 22.3 Å². The number of phenolic OH excluding ortho intramolecular Hbond substituents is 2. The molecule has 0 amide bonds. The SMILES string of the molecule is COc1cc(C=COCOc2ccc(-c3ccc(OC(=O)C=Cc4ccc(O)c(OC)c4)cc3C)cc2)ccc1O. The molecule has 0 aliphatic rings. The molecule has 41 heavy (non-hydrogen) atoms. The Balaban J connectivity index is 1.29. The van der Waals surface area contributed by atoms with E-state index in [1.165, 1.54) is 32.6 Å². The van der Waals surface area contributed by atoms with Gasteiger partial charge in [0.1, 0.15) is 11.5 Å². The Hall–Kier alpha value is -5.37. The number of aromatic hydroxyl groups is 2. The average molecular weight is 555 g/mol. The fraction of sp³-hybridized carbons (Fsp3) is 0.121. The summed E-state index contributed by atoms with van der Waals surface area (Å²) in [6.07, 6.45) is 6.15. The number of hydrogen-bond acceptors (Lipinski definition) is 8. The number of rotatable bonds is 11. The van der Waals surface area contributed by atoms with Crippen molar-refractivity contribution in [3.05, 3.63) is 108 Å². The highest BCUT2D eigenvalue weighted by atomic mass is 16.7. The summed E-state index contributed by atoms with van der Waals surface area (Å²) >= 11 is 0. The third-order valence-electron chi connectivity index (χ3n) is 6.05. The lowest BCUT2D eigenvalue weighted by Gasteiger charge is -2.10. The molecule has 0 fully saturated rings. The summed E-state index contributed by atoms with van der Waals surface area (Å²) in [5, 5.41) is 19.4. The van der Waals surface area contributed by atoms with Crippen molar-refractivity contribution in [1.29, 1.82) is 0 Å². The van der Waals surface area contributed by atoms with Crippen LogP contribution in [0.2, 0.25) is 0 Å². The minimum Gasteiger partial charge on any atom is -0.504 e. The lowest BCUT2D eigenvalue weighted by Crippen LogP contribution is -2.04. The molecular formula is C33H30O8. The first kappa shape index (κ1) is 28.6. The maximum atomic E-state index is 12.3. The van der Waals surface area contributed by atoms with Crippen LogP contribution in [0.4, 0.5) is 0 Å². The fourth-order valence-corrected chi connectivity index (χ4v) is 3.93. The zero-order valence-corrected chi connectivity index (χ0v) is 22.9. The molecule has 0 saturated carbocycles. The molecule has 4 rings (SSSR count). The molecule has 0 spiro atoms. The van der Waals surface area contributed by atoms with Gasteiger partial charge in [0.2, 0.25) is 6.79 Å². The van der Waals surface area contributed by atoms with Crippen molar-refractivity contribution in [3.8, 4) is 45.6 Å². The largest absolute Gasteiger partial charge is 0.504 e. The second-order valence-electron chi connectivity index (χ2n) is 8.85. The smallest absolute Gasteiger partial charge is 0.336 e. The monoisotopic (exact) mass is 554 g/mol. The van der Waals surface area contributed by atoms with Gasteiger partial charge in [-0.15, -0.1) is 0 Å². The van der Waals surface area contributed by atoms with E-state index in [4.69, 9.17) is 23.7 Å². The minimum atomic E-state index is -0.523. The van der Waals surface area contributed by atoms with E-state index in [1.54, 1.807) is 54.6 Å². The van der Waals surface area contributed by atoms with Crippen LogP contribution in [0.15, 0.2) is 91.2 Å². The summed E-state index contributed by atoms with van der Waals surface area (Å²) in [5.74, 6) is 1.36. The number of hydrogen-bond donors (Lipinski definition) is 2. The molecule has 210 valence electrons. The van der Waals surface area contributed by atoms with Crippen molar-refractivity contribution in [2.75, 3.05) is 21.0 Å². The van der Waals surface area contributed by atoms with Gasteiger partial charge in [0.25, 0.3) is 0 Å². The van der Waals surface area contributed by atoms with E-state index in [0.29, 0.717) is 28.6 Å². The Labute approximate surface area is 238 Å². The lowest BCUT2D eigenvalue weighted by molar-refractivity contribution is -0.128. The van der Waals surface area contributed by atoms with Crippen LogP contribution in [0.3, 0.4) is 0 Å². The molecule has 2 N–H and O–H groups in total. The zero-order chi connectivity index (χ0) is 29.2. The highest BCUT2D eigenvalue weighted by Gasteiger charge is 2.08. The fourth-order valence-electron chi connectivity index (χ4n) is 3.93. The van der Waals surface area contributed by atoms with Gasteiger partial charge in [-0.25, -0.2) is 4.79 Å². The number of ether oxygens (including phenoxy) is 5. The first-order valence-electron chi connectivity index (χ1n) is 12.6. The van der Waals surface area contributed by atoms with Gasteiger partial charge in [0.05, 0.1) is 20.5 Å². The molecule has 4 aromatic rings. The Morgan fingerprint density at radius 3 is 1.98 bits per heavy atom. The normalized spacial score (nSPS) is 11.0. The predicted octanol–water partition coefficient (Wildman–Crippen LogP) is 6.73. The molecule has 0 aliphatic heterocycles. The van der Waals surface area contributed by atoms with E-state index in [-0.39, 0.29) is 18.3 Å². The second kappa shape index (κ2) is 13.6. The highest BCUT2D eigenvalue weighted by Crippen LogP contribution is 2.30. The van der Waals surface area contributed by atoms with E-state index in [1.807, 2.05) is 37.3 Å². The van der Waals surface area contributed by atoms with Crippen LogP contribution in [-0.2, 0) is 9.53 Å². The minimum absolute atomic E-state index is 0.0245. The number of benzene rings is 4. The Morgan fingerprint density at radius 1 is 0.756 bits per heavy atom. The van der Waals surface area contributed by atoms with E-state index >= 15 is 0 Å². The van der Waals surface area contributed by atoms with Gasteiger partial charge < -0.3 is 33.9 Å². The molecule has 4 aromatic carbocycles. The quantitative estimate of drug-likeness (QED) is 0.0525. The van der Waals surface area contributed by atoms with Crippen molar-refractivity contribution >= 4 is 18.1 Å². The summed E-state index contributed by atoms with van der Waals surface area (Å²) in [6.45, 7) is 1.97. The standard InChI is InChI=1S/C33H30O8/c1-22-18-27(41-33(36)15-6-23-4-13-29(34)31(19-23)37-2)11-12-28(22)25-7-9-26(10-8-25)40-21-39-17-16-24-5-14-30(35)32(20-24)38-3/h4-20,34-35H,21H2,1-3H3. The first-order chi connectivity index (χ1) is 19.9. The number of esters is 1. The van der Waals surface area contributed by atoms with Gasteiger partial charge in [-0.05, 0) is 95.4 Å². The van der Waals surface area contributed by atoms with E-state index in [2.05, 4.69) is 0 Å². The zero-order valence-electron chi connectivity index (χ0n) is 22.9. The van der Waals surface area contributed by atoms with E-state index < -0.39 is 5.97 Å². The average Bonchev–Trinajstić information content (AvgIpc) is 2.98. The predicted molar refractivity (Wildman–Crippen MR) is 156 cm³/mol. The van der Waals surface area contributed by atoms with Crippen LogP contribution in [0.1, 0.15) is 16.7 Å². The maximum Gasteiger partial charge on any atom is 0.336 e. The Bertz CT molecular complexity index is 1550. The molecule has 0 atom stereocenters. The third-order valence-corrected chi connectivity index (χ3v) is 6.05. The van der Waals surface area contributed by atoms with Crippen LogP contribution < -0.4 is 18.9 Å². The maximum absolute atomic E-state index is 12.3. The van der Waals surface area contributed by atoms with Gasteiger partial charge in [-0.3, -0.25) is 0 Å². The van der Waals surface area contributed by atoms with Gasteiger partial charge in [0.15, 0.2) is 23.0 Å². The van der Waals surface area contributed by atoms with Crippen molar-refractivity contribution in [1.82, 2.24) is 0 Å². The molecule has 0 bridgehead atoms. The van der Waals surface area contributed by atoms with Gasteiger partial charge in [-0.2, -0.15) is 0 Å². The Kier molecular flexibility index (Phi) is 9.51. The Morgan fingerprint density at radius 2 is 1.37 bits per heavy atom. The molecule has 0 saturated heterocycles. The number of methoxy groups -OCH3 is 2. The number of aryl methyl sites for hydroxylation is 1. The van der Waals surface area contributed by atoms with Crippen LogP contribution in [0.5, 0.6) is 34.5 Å². The van der Waals surface area contributed by atoms with E-state index in [9.17, 15) is 15.0 Å². The summed E-state index contributed by atoms with van der Waals surface area (Å²) in [5.41, 5.74) is 4.42. The van der Waals surface area contributed by atoms with Crippen LogP contribution in [-0.4, -0.2) is 37.2 Å². The van der Waals surface area contributed by atoms with Crippen molar-refractivity contribution < 1.29 is 38.7 Å². The molecule has 0 heterocycles. The number of phenols is 2.